The van der Waals surface area contributed by atoms with Gasteiger partial charge in [0.2, 0.25) is 0 Å². The molecule has 0 radical (unpaired) electrons. The van der Waals surface area contributed by atoms with E-state index in [1.165, 1.54) is 25.1 Å². The lowest BCUT2D eigenvalue weighted by Crippen LogP contribution is -2.10. The summed E-state index contributed by atoms with van der Waals surface area (Å²) in [6.45, 7) is 0.998. The number of ether oxygens (including phenoxy) is 1. The molecule has 0 bridgehead atoms. The lowest BCUT2D eigenvalue weighted by molar-refractivity contribution is -0.139. The Morgan fingerprint density at radius 2 is 2.12 bits per heavy atom. The molecule has 0 spiro atoms. The molecule has 1 aromatic carbocycles. The second-order valence-corrected chi connectivity index (χ2v) is 5.86. The molecule has 0 atom stereocenters. The number of rotatable bonds is 5. The number of carboxylic acid groups (broad SMARTS) is 1. The SMILES string of the molecule is CCS(=O)(=O)c1ccc(OCC(=O)O)c(Cl)c1. The maximum atomic E-state index is 11.5. The summed E-state index contributed by atoms with van der Waals surface area (Å²) in [5.74, 6) is -1.02. The molecule has 0 fully saturated rings. The predicted octanol–water partition coefficient (Wildman–Crippen LogP) is 1.60. The molecule has 0 aliphatic carbocycles. The van der Waals surface area contributed by atoms with E-state index < -0.39 is 22.4 Å². The second kappa shape index (κ2) is 5.37. The van der Waals surface area contributed by atoms with Crippen LogP contribution < -0.4 is 4.74 Å². The molecule has 5 nitrogen and oxygen atoms in total. The average molecular weight is 279 g/mol. The van der Waals surface area contributed by atoms with Gasteiger partial charge in [-0.1, -0.05) is 18.5 Å². The summed E-state index contributed by atoms with van der Waals surface area (Å²) in [6.07, 6.45) is 0. The average Bonchev–Trinajstić information content (AvgIpc) is 2.27. The van der Waals surface area contributed by atoms with E-state index in [4.69, 9.17) is 21.4 Å². The van der Waals surface area contributed by atoms with Gasteiger partial charge in [-0.3, -0.25) is 0 Å². The van der Waals surface area contributed by atoms with Gasteiger partial charge in [-0.2, -0.15) is 0 Å². The number of sulfone groups is 1. The highest BCUT2D eigenvalue weighted by Gasteiger charge is 2.14. The summed E-state index contributed by atoms with van der Waals surface area (Å²) in [5, 5.41) is 8.49. The lowest BCUT2D eigenvalue weighted by Gasteiger charge is -2.07. The van der Waals surface area contributed by atoms with Crippen LogP contribution in [0, 0.1) is 0 Å². The van der Waals surface area contributed by atoms with E-state index in [1.54, 1.807) is 0 Å². The monoisotopic (exact) mass is 278 g/mol. The summed E-state index contributed by atoms with van der Waals surface area (Å²) in [4.78, 5) is 10.4. The van der Waals surface area contributed by atoms with Crippen molar-refractivity contribution in [1.82, 2.24) is 0 Å². The molecule has 0 saturated carbocycles. The second-order valence-electron chi connectivity index (χ2n) is 3.18. The van der Waals surface area contributed by atoms with Crippen LogP contribution in [0.1, 0.15) is 6.92 Å². The zero-order valence-corrected chi connectivity index (χ0v) is 10.6. The summed E-state index contributed by atoms with van der Waals surface area (Å²) in [7, 11) is -3.33. The Labute approximate surface area is 104 Å². The molecule has 94 valence electrons. The summed E-state index contributed by atoms with van der Waals surface area (Å²) < 4.78 is 27.9. The van der Waals surface area contributed by atoms with Crippen LogP contribution in [-0.4, -0.2) is 31.9 Å². The van der Waals surface area contributed by atoms with Crippen LogP contribution in [0.5, 0.6) is 5.75 Å². The number of hydrogen-bond donors (Lipinski definition) is 1. The first kappa shape index (κ1) is 13.8. The normalized spacial score (nSPS) is 11.2. The fourth-order valence-corrected chi connectivity index (χ4v) is 2.30. The van der Waals surface area contributed by atoms with Gasteiger partial charge in [-0.25, -0.2) is 13.2 Å². The van der Waals surface area contributed by atoms with Crippen molar-refractivity contribution in [1.29, 1.82) is 0 Å². The zero-order chi connectivity index (χ0) is 13.1. The minimum absolute atomic E-state index is 0.0291. The van der Waals surface area contributed by atoms with Crippen LogP contribution in [0.25, 0.3) is 0 Å². The fourth-order valence-electron chi connectivity index (χ4n) is 1.10. The molecular weight excluding hydrogens is 268 g/mol. The third-order valence-electron chi connectivity index (χ3n) is 1.99. The molecule has 0 unspecified atom stereocenters. The van der Waals surface area contributed by atoms with Gasteiger partial charge < -0.3 is 9.84 Å². The van der Waals surface area contributed by atoms with Crippen molar-refractivity contribution in [3.63, 3.8) is 0 Å². The van der Waals surface area contributed by atoms with Crippen molar-refractivity contribution in [2.45, 2.75) is 11.8 Å². The van der Waals surface area contributed by atoms with Crippen molar-refractivity contribution < 1.29 is 23.1 Å². The molecular formula is C10H11ClO5S. The van der Waals surface area contributed by atoms with E-state index in [2.05, 4.69) is 0 Å². The third kappa shape index (κ3) is 3.61. The first-order chi connectivity index (χ1) is 7.86. The third-order valence-corrected chi connectivity index (χ3v) is 4.02. The Kier molecular flexibility index (Phi) is 4.36. The van der Waals surface area contributed by atoms with E-state index in [-0.39, 0.29) is 21.4 Å². The lowest BCUT2D eigenvalue weighted by atomic mass is 10.3. The first-order valence-electron chi connectivity index (χ1n) is 4.73. The van der Waals surface area contributed by atoms with Gasteiger partial charge in [0.25, 0.3) is 0 Å². The van der Waals surface area contributed by atoms with E-state index >= 15 is 0 Å². The maximum Gasteiger partial charge on any atom is 0.341 e. The predicted molar refractivity (Wildman–Crippen MR) is 62.3 cm³/mol. The van der Waals surface area contributed by atoms with Gasteiger partial charge in [0, 0.05) is 0 Å². The number of hydrogen-bond acceptors (Lipinski definition) is 4. The smallest absolute Gasteiger partial charge is 0.341 e. The first-order valence-corrected chi connectivity index (χ1v) is 6.76. The quantitative estimate of drug-likeness (QED) is 0.885. The largest absolute Gasteiger partial charge is 0.480 e. The minimum atomic E-state index is -3.33. The molecule has 1 N–H and O–H groups in total. The molecule has 0 aromatic heterocycles. The zero-order valence-electron chi connectivity index (χ0n) is 9.01. The maximum absolute atomic E-state index is 11.5. The van der Waals surface area contributed by atoms with Gasteiger partial charge in [0.1, 0.15) is 5.75 Å². The van der Waals surface area contributed by atoms with Crippen molar-refractivity contribution in [2.75, 3.05) is 12.4 Å². The van der Waals surface area contributed by atoms with Crippen LogP contribution in [0.2, 0.25) is 5.02 Å². The molecule has 17 heavy (non-hydrogen) atoms. The fraction of sp³-hybridized carbons (Fsp3) is 0.300. The molecule has 7 heteroatoms. The van der Waals surface area contributed by atoms with Crippen molar-refractivity contribution in [3.8, 4) is 5.75 Å². The van der Waals surface area contributed by atoms with Crippen LogP contribution in [-0.2, 0) is 14.6 Å². The molecule has 1 aromatic rings. The van der Waals surface area contributed by atoms with Crippen LogP contribution >= 0.6 is 11.6 Å². The number of aliphatic carboxylic acids is 1. The summed E-state index contributed by atoms with van der Waals surface area (Å²) in [6, 6.07) is 3.92. The van der Waals surface area contributed by atoms with Crippen LogP contribution in [0.4, 0.5) is 0 Å². The molecule has 0 amide bonds. The van der Waals surface area contributed by atoms with Gasteiger partial charge in [0.05, 0.1) is 15.7 Å². The highest BCUT2D eigenvalue weighted by Crippen LogP contribution is 2.27. The Morgan fingerprint density at radius 1 is 1.47 bits per heavy atom. The van der Waals surface area contributed by atoms with Gasteiger partial charge >= 0.3 is 5.97 Å². The highest BCUT2D eigenvalue weighted by atomic mass is 35.5. The Bertz CT molecular complexity index is 523. The standard InChI is InChI=1S/C10H11ClO5S/c1-2-17(14,15)7-3-4-9(8(11)5-7)16-6-10(12)13/h3-5H,2,6H2,1H3,(H,12,13). The number of carbonyl (C=O) groups is 1. The van der Waals surface area contributed by atoms with Gasteiger partial charge in [-0.05, 0) is 18.2 Å². The van der Waals surface area contributed by atoms with E-state index in [1.807, 2.05) is 0 Å². The van der Waals surface area contributed by atoms with Crippen molar-refractivity contribution in [2.24, 2.45) is 0 Å². The van der Waals surface area contributed by atoms with E-state index in [9.17, 15) is 13.2 Å². The molecule has 0 heterocycles. The highest BCUT2D eigenvalue weighted by molar-refractivity contribution is 7.91. The summed E-state index contributed by atoms with van der Waals surface area (Å²) >= 11 is 5.79. The summed E-state index contributed by atoms with van der Waals surface area (Å²) in [5.41, 5.74) is 0. The van der Waals surface area contributed by atoms with Crippen molar-refractivity contribution in [3.05, 3.63) is 23.2 Å². The van der Waals surface area contributed by atoms with Crippen LogP contribution in [0.15, 0.2) is 23.1 Å². The number of halogens is 1. The van der Waals surface area contributed by atoms with E-state index in [0.29, 0.717) is 0 Å². The van der Waals surface area contributed by atoms with Crippen molar-refractivity contribution >= 4 is 27.4 Å². The topological polar surface area (TPSA) is 80.7 Å². The van der Waals surface area contributed by atoms with E-state index in [0.717, 1.165) is 0 Å². The minimum Gasteiger partial charge on any atom is -0.480 e. The van der Waals surface area contributed by atoms with Gasteiger partial charge in [-0.15, -0.1) is 0 Å². The van der Waals surface area contributed by atoms with Gasteiger partial charge in [0.15, 0.2) is 16.4 Å². The Balaban J connectivity index is 2.98. The molecule has 0 saturated heterocycles. The number of carboxylic acids is 1. The molecule has 0 aliphatic rings. The molecule has 1 rings (SSSR count). The number of benzene rings is 1. The Morgan fingerprint density at radius 3 is 2.59 bits per heavy atom. The Hall–Kier alpha value is -1.27. The molecule has 0 aliphatic heterocycles. The van der Waals surface area contributed by atoms with Crippen LogP contribution in [0.3, 0.4) is 0 Å².